The first-order valence-corrected chi connectivity index (χ1v) is 7.34. The molecule has 0 spiro atoms. The summed E-state index contributed by atoms with van der Waals surface area (Å²) in [6.07, 6.45) is 0. The molecule has 0 saturated heterocycles. The van der Waals surface area contributed by atoms with Crippen LogP contribution in [-0.2, 0) is 11.0 Å². The van der Waals surface area contributed by atoms with E-state index in [1.807, 2.05) is 36.4 Å². The van der Waals surface area contributed by atoms with Gasteiger partial charge in [-0.05, 0) is 17.5 Å². The van der Waals surface area contributed by atoms with Gasteiger partial charge in [0.2, 0.25) is 0 Å². The van der Waals surface area contributed by atoms with Crippen molar-refractivity contribution >= 4 is 32.4 Å². The van der Waals surface area contributed by atoms with Gasteiger partial charge in [0.15, 0.2) is 0 Å². The minimum absolute atomic E-state index is 0.817. The van der Waals surface area contributed by atoms with Gasteiger partial charge in [-0.15, -0.1) is 11.3 Å². The van der Waals surface area contributed by atoms with Crippen LogP contribution in [0.25, 0.3) is 10.1 Å². The maximum atomic E-state index is 12.2. The molecular weight excluding hydrogens is 238 g/mol. The van der Waals surface area contributed by atoms with E-state index >= 15 is 0 Å². The summed E-state index contributed by atoms with van der Waals surface area (Å²) in [4.78, 5) is 0. The van der Waals surface area contributed by atoms with Crippen LogP contribution < -0.4 is 0 Å². The van der Waals surface area contributed by atoms with Gasteiger partial charge in [-0.1, -0.05) is 32.0 Å². The second-order valence-electron chi connectivity index (χ2n) is 3.47. The summed E-state index contributed by atoms with van der Waals surface area (Å²) < 4.78 is 16.3. The Morgan fingerprint density at radius 3 is 2.56 bits per heavy atom. The van der Waals surface area contributed by atoms with Crippen LogP contribution in [0.3, 0.4) is 0 Å². The highest BCUT2D eigenvalue weighted by molar-refractivity contribution is 7.85. The van der Waals surface area contributed by atoms with Gasteiger partial charge in [0.05, 0.1) is 0 Å². The van der Waals surface area contributed by atoms with Gasteiger partial charge in [0.1, 0.15) is 15.2 Å². The number of thiophene rings is 1. The highest BCUT2D eigenvalue weighted by atomic mass is 32.2. The van der Waals surface area contributed by atoms with Gasteiger partial charge in [-0.25, -0.2) is 8.51 Å². The molecule has 0 aliphatic heterocycles. The standard InChI is InChI=1S/C12H15NOS2/c1-3-13(4-2)16(14)12-9-10-7-5-6-8-11(10)15-12/h5-9H,3-4H2,1-2H3. The third kappa shape index (κ3) is 2.19. The van der Waals surface area contributed by atoms with Gasteiger partial charge >= 0.3 is 0 Å². The topological polar surface area (TPSA) is 20.3 Å². The Kier molecular flexibility index (Phi) is 3.74. The number of hydrogen-bond acceptors (Lipinski definition) is 2. The van der Waals surface area contributed by atoms with Crippen molar-refractivity contribution in [1.29, 1.82) is 0 Å². The van der Waals surface area contributed by atoms with E-state index in [1.165, 1.54) is 10.1 Å². The minimum atomic E-state index is -1.00. The molecule has 0 aliphatic carbocycles. The van der Waals surface area contributed by atoms with Crippen LogP contribution in [0.4, 0.5) is 0 Å². The zero-order valence-corrected chi connectivity index (χ0v) is 11.1. The fourth-order valence-corrected chi connectivity index (χ4v) is 4.25. The Hall–Kier alpha value is -0.710. The molecular formula is C12H15NOS2. The SMILES string of the molecule is CCN(CC)S(=O)c1cc2ccccc2s1. The molecule has 0 bridgehead atoms. The van der Waals surface area contributed by atoms with E-state index < -0.39 is 11.0 Å². The Bertz CT molecular complexity index is 469. The summed E-state index contributed by atoms with van der Waals surface area (Å²) in [5.74, 6) is 0. The quantitative estimate of drug-likeness (QED) is 0.819. The van der Waals surface area contributed by atoms with Crippen molar-refractivity contribution in [2.24, 2.45) is 0 Å². The van der Waals surface area contributed by atoms with E-state index in [0.29, 0.717) is 0 Å². The van der Waals surface area contributed by atoms with E-state index in [-0.39, 0.29) is 0 Å². The number of fused-ring (bicyclic) bond motifs is 1. The van der Waals surface area contributed by atoms with Crippen LogP contribution in [0.2, 0.25) is 0 Å². The van der Waals surface area contributed by atoms with Crippen molar-refractivity contribution in [3.05, 3.63) is 30.3 Å². The smallest absolute Gasteiger partial charge is 0.137 e. The molecule has 16 heavy (non-hydrogen) atoms. The van der Waals surface area contributed by atoms with Crippen molar-refractivity contribution in [2.45, 2.75) is 18.1 Å². The molecule has 0 fully saturated rings. The Morgan fingerprint density at radius 1 is 1.25 bits per heavy atom. The van der Waals surface area contributed by atoms with E-state index in [0.717, 1.165) is 17.3 Å². The molecule has 1 atom stereocenters. The highest BCUT2D eigenvalue weighted by Crippen LogP contribution is 2.28. The molecule has 0 radical (unpaired) electrons. The maximum Gasteiger partial charge on any atom is 0.137 e. The molecule has 0 aliphatic rings. The van der Waals surface area contributed by atoms with Crippen molar-refractivity contribution in [1.82, 2.24) is 4.31 Å². The Morgan fingerprint density at radius 2 is 1.94 bits per heavy atom. The van der Waals surface area contributed by atoms with Crippen LogP contribution in [0.5, 0.6) is 0 Å². The van der Waals surface area contributed by atoms with Gasteiger partial charge in [-0.3, -0.25) is 0 Å². The van der Waals surface area contributed by atoms with E-state index in [1.54, 1.807) is 11.3 Å². The van der Waals surface area contributed by atoms with Crippen LogP contribution in [-0.4, -0.2) is 21.6 Å². The van der Waals surface area contributed by atoms with Crippen molar-refractivity contribution < 1.29 is 4.21 Å². The Balaban J connectivity index is 2.36. The van der Waals surface area contributed by atoms with Gasteiger partial charge in [0, 0.05) is 17.8 Å². The van der Waals surface area contributed by atoms with Crippen molar-refractivity contribution in [2.75, 3.05) is 13.1 Å². The summed E-state index contributed by atoms with van der Waals surface area (Å²) >= 11 is 1.62. The molecule has 0 saturated carbocycles. The lowest BCUT2D eigenvalue weighted by molar-refractivity contribution is 0.490. The average Bonchev–Trinajstić information content (AvgIpc) is 2.74. The monoisotopic (exact) mass is 253 g/mol. The molecule has 86 valence electrons. The molecule has 1 unspecified atom stereocenters. The number of nitrogens with zero attached hydrogens (tertiary/aromatic N) is 1. The second kappa shape index (κ2) is 5.08. The normalized spacial score (nSPS) is 13.4. The van der Waals surface area contributed by atoms with E-state index in [9.17, 15) is 4.21 Å². The average molecular weight is 253 g/mol. The van der Waals surface area contributed by atoms with Crippen LogP contribution in [0.1, 0.15) is 13.8 Å². The zero-order chi connectivity index (χ0) is 11.5. The number of hydrogen-bond donors (Lipinski definition) is 0. The summed E-state index contributed by atoms with van der Waals surface area (Å²) in [6, 6.07) is 10.2. The van der Waals surface area contributed by atoms with Gasteiger partial charge in [-0.2, -0.15) is 0 Å². The lowest BCUT2D eigenvalue weighted by Gasteiger charge is -2.14. The molecule has 2 nitrogen and oxygen atoms in total. The predicted molar refractivity (Wildman–Crippen MR) is 71.2 cm³/mol. The molecule has 1 aromatic carbocycles. The Labute approximate surface area is 102 Å². The molecule has 1 aromatic heterocycles. The fraction of sp³-hybridized carbons (Fsp3) is 0.333. The lowest BCUT2D eigenvalue weighted by atomic mass is 10.3. The third-order valence-electron chi connectivity index (χ3n) is 2.51. The fourth-order valence-electron chi connectivity index (χ4n) is 1.63. The first-order valence-electron chi connectivity index (χ1n) is 5.41. The summed E-state index contributed by atoms with van der Waals surface area (Å²) in [6.45, 7) is 5.71. The van der Waals surface area contributed by atoms with Crippen LogP contribution in [0.15, 0.2) is 34.5 Å². The summed E-state index contributed by atoms with van der Waals surface area (Å²) in [7, 11) is -1.00. The first kappa shape index (κ1) is 11.8. The molecule has 0 N–H and O–H groups in total. The van der Waals surface area contributed by atoms with Crippen molar-refractivity contribution in [3.63, 3.8) is 0 Å². The van der Waals surface area contributed by atoms with Gasteiger partial charge in [0.25, 0.3) is 0 Å². The molecule has 2 rings (SSSR count). The van der Waals surface area contributed by atoms with E-state index in [2.05, 4.69) is 12.1 Å². The number of benzene rings is 1. The minimum Gasteiger partial charge on any atom is -0.236 e. The van der Waals surface area contributed by atoms with Crippen molar-refractivity contribution in [3.8, 4) is 0 Å². The maximum absolute atomic E-state index is 12.2. The summed E-state index contributed by atoms with van der Waals surface area (Å²) in [5, 5.41) is 1.18. The van der Waals surface area contributed by atoms with Gasteiger partial charge < -0.3 is 0 Å². The van der Waals surface area contributed by atoms with Crippen LogP contribution >= 0.6 is 11.3 Å². The second-order valence-corrected chi connectivity index (χ2v) is 6.26. The van der Waals surface area contributed by atoms with Crippen LogP contribution in [0, 0.1) is 0 Å². The molecule has 2 aromatic rings. The number of rotatable bonds is 4. The predicted octanol–water partition coefficient (Wildman–Crippen LogP) is 3.27. The van der Waals surface area contributed by atoms with E-state index in [4.69, 9.17) is 0 Å². The third-order valence-corrected chi connectivity index (χ3v) is 5.55. The zero-order valence-electron chi connectivity index (χ0n) is 9.47. The molecule has 0 amide bonds. The summed E-state index contributed by atoms with van der Waals surface area (Å²) in [5.41, 5.74) is 0. The molecule has 1 heterocycles. The molecule has 4 heteroatoms. The highest BCUT2D eigenvalue weighted by Gasteiger charge is 2.14. The first-order chi connectivity index (χ1) is 7.76. The largest absolute Gasteiger partial charge is 0.236 e. The lowest BCUT2D eigenvalue weighted by Crippen LogP contribution is -2.24.